The van der Waals surface area contributed by atoms with Crippen molar-refractivity contribution in [1.82, 2.24) is 9.80 Å². The van der Waals surface area contributed by atoms with Gasteiger partial charge in [0, 0.05) is 45.0 Å². The van der Waals surface area contributed by atoms with Crippen molar-refractivity contribution in [2.24, 2.45) is 0 Å². The SMILES string of the molecule is COc1ccc(N2CCN(C(=O)CN3CCC(O)CC3)CC2)cc1. The van der Waals surface area contributed by atoms with Crippen molar-refractivity contribution in [3.05, 3.63) is 24.3 Å². The predicted molar refractivity (Wildman–Crippen MR) is 93.5 cm³/mol. The number of likely N-dealkylation sites (tertiary alicyclic amines) is 1. The summed E-state index contributed by atoms with van der Waals surface area (Å²) < 4.78 is 5.19. The lowest BCUT2D eigenvalue weighted by Crippen LogP contribution is -2.52. The number of piperidine rings is 1. The van der Waals surface area contributed by atoms with Crippen molar-refractivity contribution in [1.29, 1.82) is 0 Å². The van der Waals surface area contributed by atoms with Crippen LogP contribution in [0.1, 0.15) is 12.8 Å². The predicted octanol–water partition coefficient (Wildman–Crippen LogP) is 0.800. The van der Waals surface area contributed by atoms with Crippen LogP contribution in [0.25, 0.3) is 0 Å². The highest BCUT2D eigenvalue weighted by molar-refractivity contribution is 5.78. The smallest absolute Gasteiger partial charge is 0.236 e. The Bertz CT molecular complexity index is 533. The first-order chi connectivity index (χ1) is 11.7. The van der Waals surface area contributed by atoms with Gasteiger partial charge in [-0.1, -0.05) is 0 Å². The fraction of sp³-hybridized carbons (Fsp3) is 0.611. The van der Waals surface area contributed by atoms with Crippen LogP contribution in [0.3, 0.4) is 0 Å². The van der Waals surface area contributed by atoms with Crippen molar-refractivity contribution >= 4 is 11.6 Å². The number of rotatable bonds is 4. The topological polar surface area (TPSA) is 56.2 Å². The largest absolute Gasteiger partial charge is 0.497 e. The van der Waals surface area contributed by atoms with Gasteiger partial charge in [0.2, 0.25) is 5.91 Å². The zero-order chi connectivity index (χ0) is 16.9. The highest BCUT2D eigenvalue weighted by Gasteiger charge is 2.24. The molecule has 24 heavy (non-hydrogen) atoms. The first kappa shape index (κ1) is 17.0. The number of hydrogen-bond donors (Lipinski definition) is 1. The molecule has 2 fully saturated rings. The van der Waals surface area contributed by atoms with Crippen LogP contribution in [0, 0.1) is 0 Å². The van der Waals surface area contributed by atoms with Gasteiger partial charge < -0.3 is 19.6 Å². The third kappa shape index (κ3) is 4.19. The van der Waals surface area contributed by atoms with Gasteiger partial charge in [-0.05, 0) is 37.1 Å². The number of ether oxygens (including phenoxy) is 1. The number of aliphatic hydroxyl groups is 1. The highest BCUT2D eigenvalue weighted by Crippen LogP contribution is 2.20. The molecule has 0 radical (unpaired) electrons. The van der Waals surface area contributed by atoms with Crippen LogP contribution in [-0.4, -0.2) is 79.8 Å². The van der Waals surface area contributed by atoms with E-state index in [9.17, 15) is 9.90 Å². The Kier molecular flexibility index (Phi) is 5.58. The fourth-order valence-electron chi connectivity index (χ4n) is 3.38. The summed E-state index contributed by atoms with van der Waals surface area (Å²) in [6, 6.07) is 8.07. The second-order valence-electron chi connectivity index (χ2n) is 6.57. The van der Waals surface area contributed by atoms with Gasteiger partial charge in [-0.3, -0.25) is 9.69 Å². The summed E-state index contributed by atoms with van der Waals surface area (Å²) in [5.41, 5.74) is 1.17. The number of hydrogen-bond acceptors (Lipinski definition) is 5. The van der Waals surface area contributed by atoms with E-state index in [1.54, 1.807) is 7.11 Å². The Balaban J connectivity index is 1.46. The third-order valence-electron chi connectivity index (χ3n) is 4.99. The zero-order valence-corrected chi connectivity index (χ0v) is 14.4. The van der Waals surface area contributed by atoms with Crippen molar-refractivity contribution in [3.63, 3.8) is 0 Å². The minimum atomic E-state index is -0.190. The molecule has 132 valence electrons. The Labute approximate surface area is 143 Å². The molecular weight excluding hydrogens is 306 g/mol. The maximum Gasteiger partial charge on any atom is 0.236 e. The van der Waals surface area contributed by atoms with Crippen LogP contribution in [0.2, 0.25) is 0 Å². The molecule has 1 N–H and O–H groups in total. The molecular formula is C18H27N3O3. The summed E-state index contributed by atoms with van der Waals surface area (Å²) in [5, 5.41) is 9.54. The minimum Gasteiger partial charge on any atom is -0.497 e. The fourth-order valence-corrected chi connectivity index (χ4v) is 3.38. The molecule has 0 saturated carbocycles. The second kappa shape index (κ2) is 7.85. The van der Waals surface area contributed by atoms with Crippen LogP contribution in [-0.2, 0) is 4.79 Å². The number of carbonyl (C=O) groups is 1. The van der Waals surface area contributed by atoms with E-state index in [-0.39, 0.29) is 12.0 Å². The molecule has 0 aromatic heterocycles. The van der Waals surface area contributed by atoms with Crippen LogP contribution in [0.5, 0.6) is 5.75 Å². The molecule has 0 atom stereocenters. The van der Waals surface area contributed by atoms with Crippen molar-refractivity contribution in [3.8, 4) is 5.75 Å². The summed E-state index contributed by atoms with van der Waals surface area (Å²) in [6.45, 7) is 5.36. The van der Waals surface area contributed by atoms with Gasteiger partial charge in [0.15, 0.2) is 0 Å². The van der Waals surface area contributed by atoms with Gasteiger partial charge in [-0.25, -0.2) is 0 Å². The van der Waals surface area contributed by atoms with Crippen LogP contribution >= 0.6 is 0 Å². The number of carbonyl (C=O) groups excluding carboxylic acids is 1. The van der Waals surface area contributed by atoms with Gasteiger partial charge in [0.25, 0.3) is 0 Å². The maximum absolute atomic E-state index is 12.5. The van der Waals surface area contributed by atoms with E-state index in [1.807, 2.05) is 17.0 Å². The maximum atomic E-state index is 12.5. The molecule has 0 bridgehead atoms. The number of methoxy groups -OCH3 is 1. The van der Waals surface area contributed by atoms with E-state index < -0.39 is 0 Å². The van der Waals surface area contributed by atoms with E-state index in [4.69, 9.17) is 4.74 Å². The van der Waals surface area contributed by atoms with E-state index in [1.165, 1.54) is 5.69 Å². The van der Waals surface area contributed by atoms with Gasteiger partial charge in [-0.2, -0.15) is 0 Å². The van der Waals surface area contributed by atoms with Crippen LogP contribution in [0.15, 0.2) is 24.3 Å². The average Bonchev–Trinajstić information content (AvgIpc) is 2.64. The average molecular weight is 333 g/mol. The van der Waals surface area contributed by atoms with Gasteiger partial charge in [0.1, 0.15) is 5.75 Å². The molecule has 6 heteroatoms. The standard InChI is InChI=1S/C18H27N3O3/c1-24-17-4-2-15(3-5-17)20-10-12-21(13-11-20)18(23)14-19-8-6-16(22)7-9-19/h2-5,16,22H,6-14H2,1H3. The Morgan fingerprint density at radius 1 is 1.08 bits per heavy atom. The van der Waals surface area contributed by atoms with Crippen LogP contribution in [0.4, 0.5) is 5.69 Å². The molecule has 0 aliphatic carbocycles. The molecule has 0 unspecified atom stereocenters. The molecule has 1 amide bonds. The van der Waals surface area contributed by atoms with Crippen molar-refractivity contribution in [2.45, 2.75) is 18.9 Å². The summed E-state index contributed by atoms with van der Waals surface area (Å²) in [7, 11) is 1.67. The van der Waals surface area contributed by atoms with Gasteiger partial charge in [-0.15, -0.1) is 0 Å². The molecule has 2 saturated heterocycles. The zero-order valence-electron chi connectivity index (χ0n) is 14.4. The number of piperazine rings is 1. The third-order valence-corrected chi connectivity index (χ3v) is 4.99. The lowest BCUT2D eigenvalue weighted by Gasteiger charge is -2.37. The van der Waals surface area contributed by atoms with Crippen molar-refractivity contribution < 1.29 is 14.6 Å². The summed E-state index contributed by atoms with van der Waals surface area (Å²) in [4.78, 5) is 18.9. The first-order valence-corrected chi connectivity index (χ1v) is 8.73. The van der Waals surface area contributed by atoms with Crippen molar-refractivity contribution in [2.75, 3.05) is 57.8 Å². The molecule has 3 rings (SSSR count). The molecule has 2 aliphatic rings. The van der Waals surface area contributed by atoms with Gasteiger partial charge in [0.05, 0.1) is 19.8 Å². The van der Waals surface area contributed by atoms with E-state index in [2.05, 4.69) is 21.9 Å². The first-order valence-electron chi connectivity index (χ1n) is 8.73. The number of nitrogens with zero attached hydrogens (tertiary/aromatic N) is 3. The molecule has 6 nitrogen and oxygen atoms in total. The quantitative estimate of drug-likeness (QED) is 0.883. The minimum absolute atomic E-state index is 0.190. The normalized spacial score (nSPS) is 20.2. The number of benzene rings is 1. The summed E-state index contributed by atoms with van der Waals surface area (Å²) >= 11 is 0. The molecule has 2 aliphatic heterocycles. The lowest BCUT2D eigenvalue weighted by atomic mass is 10.1. The summed E-state index contributed by atoms with van der Waals surface area (Å²) in [6.07, 6.45) is 1.36. The van der Waals surface area contributed by atoms with E-state index in [0.29, 0.717) is 6.54 Å². The number of anilines is 1. The summed E-state index contributed by atoms with van der Waals surface area (Å²) in [5.74, 6) is 1.07. The lowest BCUT2D eigenvalue weighted by molar-refractivity contribution is -0.133. The molecule has 2 heterocycles. The molecule has 1 aromatic carbocycles. The Morgan fingerprint density at radius 2 is 1.71 bits per heavy atom. The Hall–Kier alpha value is -1.79. The van der Waals surface area contributed by atoms with E-state index >= 15 is 0 Å². The number of aliphatic hydroxyl groups excluding tert-OH is 1. The second-order valence-corrected chi connectivity index (χ2v) is 6.57. The highest BCUT2D eigenvalue weighted by atomic mass is 16.5. The van der Waals surface area contributed by atoms with Crippen LogP contribution < -0.4 is 9.64 Å². The monoisotopic (exact) mass is 333 g/mol. The molecule has 0 spiro atoms. The Morgan fingerprint density at radius 3 is 2.29 bits per heavy atom. The van der Waals surface area contributed by atoms with Gasteiger partial charge >= 0.3 is 0 Å². The van der Waals surface area contributed by atoms with E-state index in [0.717, 1.165) is 57.9 Å². The number of amides is 1. The molecule has 1 aromatic rings.